The highest BCUT2D eigenvalue weighted by molar-refractivity contribution is 5.93. The van der Waals surface area contributed by atoms with Gasteiger partial charge in [0.05, 0.1) is 5.92 Å². The Morgan fingerprint density at radius 1 is 0.970 bits per heavy atom. The minimum atomic E-state index is -0.166. The van der Waals surface area contributed by atoms with Gasteiger partial charge in [-0.3, -0.25) is 4.79 Å². The minimum absolute atomic E-state index is 0.0431. The molecule has 0 aliphatic carbocycles. The van der Waals surface area contributed by atoms with Crippen LogP contribution < -0.4 is 9.47 Å². The second-order valence-corrected chi connectivity index (χ2v) is 8.05. The van der Waals surface area contributed by atoms with Crippen LogP contribution in [0.15, 0.2) is 63.5 Å². The molecule has 1 atom stereocenters. The third-order valence-corrected chi connectivity index (χ3v) is 5.91. The first-order valence-electron chi connectivity index (χ1n) is 10.8. The zero-order valence-electron chi connectivity index (χ0n) is 17.6. The second kappa shape index (κ2) is 8.09. The number of rotatable bonds is 4. The fourth-order valence-electron chi connectivity index (χ4n) is 4.19. The van der Waals surface area contributed by atoms with E-state index in [1.54, 1.807) is 11.0 Å². The van der Waals surface area contributed by atoms with E-state index in [1.165, 1.54) is 0 Å². The Hall–Kier alpha value is -4.14. The molecule has 0 radical (unpaired) electrons. The SMILES string of the molecule is O=C(c1cc(-c2ccccc2)on1)N1CCCC(c2nnc(-c3ccc4c(c3)OCO4)o2)C1. The van der Waals surface area contributed by atoms with E-state index in [-0.39, 0.29) is 18.6 Å². The highest BCUT2D eigenvalue weighted by Crippen LogP contribution is 2.36. The number of benzene rings is 2. The predicted octanol–water partition coefficient (Wildman–Crippen LogP) is 4.14. The Balaban J connectivity index is 1.17. The number of amides is 1. The molecule has 2 aromatic heterocycles. The van der Waals surface area contributed by atoms with Gasteiger partial charge in [0.15, 0.2) is 23.0 Å². The molecule has 2 aliphatic rings. The smallest absolute Gasteiger partial charge is 0.276 e. The van der Waals surface area contributed by atoms with Gasteiger partial charge < -0.3 is 23.3 Å². The molecule has 9 heteroatoms. The van der Waals surface area contributed by atoms with Gasteiger partial charge in [0.1, 0.15) is 0 Å². The Morgan fingerprint density at radius 2 is 1.85 bits per heavy atom. The summed E-state index contributed by atoms with van der Waals surface area (Å²) in [7, 11) is 0. The van der Waals surface area contributed by atoms with E-state index in [2.05, 4.69) is 15.4 Å². The molecule has 0 N–H and O–H groups in total. The first-order valence-corrected chi connectivity index (χ1v) is 10.8. The Kier molecular flexibility index (Phi) is 4.79. The number of piperidine rings is 1. The van der Waals surface area contributed by atoms with Crippen molar-refractivity contribution in [1.82, 2.24) is 20.3 Å². The number of aromatic nitrogens is 3. The van der Waals surface area contributed by atoms with Crippen molar-refractivity contribution in [3.63, 3.8) is 0 Å². The fourth-order valence-corrected chi connectivity index (χ4v) is 4.19. The average Bonchev–Trinajstić information content (AvgIpc) is 3.64. The molecule has 0 spiro atoms. The van der Waals surface area contributed by atoms with E-state index in [0.29, 0.717) is 47.8 Å². The molecule has 0 bridgehead atoms. The summed E-state index contributed by atoms with van der Waals surface area (Å²) in [5.74, 6) is 2.64. The molecule has 6 rings (SSSR count). The molecule has 2 aromatic carbocycles. The van der Waals surface area contributed by atoms with Gasteiger partial charge in [0.2, 0.25) is 18.6 Å². The lowest BCUT2D eigenvalue weighted by Gasteiger charge is -2.30. The third-order valence-electron chi connectivity index (χ3n) is 5.91. The van der Waals surface area contributed by atoms with E-state index >= 15 is 0 Å². The van der Waals surface area contributed by atoms with Gasteiger partial charge in [-0.15, -0.1) is 10.2 Å². The summed E-state index contributed by atoms with van der Waals surface area (Å²) in [5.41, 5.74) is 1.93. The highest BCUT2D eigenvalue weighted by atomic mass is 16.7. The zero-order valence-corrected chi connectivity index (χ0v) is 17.6. The Bertz CT molecular complexity index is 1300. The largest absolute Gasteiger partial charge is 0.454 e. The topological polar surface area (TPSA) is 104 Å². The maximum absolute atomic E-state index is 13.1. The van der Waals surface area contributed by atoms with Crippen LogP contribution in [0, 0.1) is 0 Å². The monoisotopic (exact) mass is 444 g/mol. The second-order valence-electron chi connectivity index (χ2n) is 8.05. The van der Waals surface area contributed by atoms with Gasteiger partial charge >= 0.3 is 0 Å². The van der Waals surface area contributed by atoms with Crippen molar-refractivity contribution in [2.75, 3.05) is 19.9 Å². The molecule has 0 saturated carbocycles. The molecular formula is C24H20N4O5. The Morgan fingerprint density at radius 3 is 2.76 bits per heavy atom. The van der Waals surface area contributed by atoms with Crippen LogP contribution in [-0.4, -0.2) is 46.0 Å². The van der Waals surface area contributed by atoms with Crippen LogP contribution >= 0.6 is 0 Å². The molecule has 1 fully saturated rings. The molecule has 33 heavy (non-hydrogen) atoms. The summed E-state index contributed by atoms with van der Waals surface area (Å²) in [6, 6.07) is 16.8. The lowest BCUT2D eigenvalue weighted by atomic mass is 9.97. The van der Waals surface area contributed by atoms with Gasteiger partial charge in [-0.2, -0.15) is 0 Å². The van der Waals surface area contributed by atoms with Crippen LogP contribution in [-0.2, 0) is 0 Å². The first-order chi connectivity index (χ1) is 16.2. The summed E-state index contributed by atoms with van der Waals surface area (Å²) in [4.78, 5) is 14.8. The van der Waals surface area contributed by atoms with Crippen LogP contribution in [0.4, 0.5) is 0 Å². The quantitative estimate of drug-likeness (QED) is 0.463. The van der Waals surface area contributed by atoms with Crippen LogP contribution in [0.3, 0.4) is 0 Å². The number of ether oxygens (including phenoxy) is 2. The average molecular weight is 444 g/mol. The van der Waals surface area contributed by atoms with Crippen molar-refractivity contribution in [3.8, 4) is 34.3 Å². The van der Waals surface area contributed by atoms with Gasteiger partial charge in [0, 0.05) is 30.3 Å². The summed E-state index contributed by atoms with van der Waals surface area (Å²) >= 11 is 0. The van der Waals surface area contributed by atoms with E-state index < -0.39 is 0 Å². The predicted molar refractivity (Wildman–Crippen MR) is 116 cm³/mol. The van der Waals surface area contributed by atoms with Crippen molar-refractivity contribution in [3.05, 3.63) is 66.2 Å². The number of fused-ring (bicyclic) bond motifs is 1. The molecule has 1 amide bonds. The van der Waals surface area contributed by atoms with Crippen LogP contribution in [0.25, 0.3) is 22.8 Å². The normalized spacial score (nSPS) is 17.3. The standard InChI is InChI=1S/C24H20N4O5/c29-24(18-12-20(33-27-18)15-5-2-1-3-6-15)28-10-4-7-17(13-28)23-26-25-22(32-23)16-8-9-19-21(11-16)31-14-30-19/h1-3,5-6,8-9,11-12,17H,4,7,10,13-14H2. The molecule has 4 heterocycles. The third kappa shape index (κ3) is 3.71. The molecule has 2 aliphatic heterocycles. The number of carbonyl (C=O) groups excluding carboxylic acids is 1. The highest BCUT2D eigenvalue weighted by Gasteiger charge is 2.30. The van der Waals surface area contributed by atoms with Crippen molar-refractivity contribution in [1.29, 1.82) is 0 Å². The maximum Gasteiger partial charge on any atom is 0.276 e. The van der Waals surface area contributed by atoms with Crippen LogP contribution in [0.2, 0.25) is 0 Å². The van der Waals surface area contributed by atoms with E-state index in [0.717, 1.165) is 24.0 Å². The maximum atomic E-state index is 13.1. The molecule has 1 unspecified atom stereocenters. The molecule has 1 saturated heterocycles. The summed E-state index contributed by atoms with van der Waals surface area (Å²) in [5, 5.41) is 12.5. The van der Waals surface area contributed by atoms with E-state index in [1.807, 2.05) is 48.5 Å². The van der Waals surface area contributed by atoms with Crippen LogP contribution in [0.5, 0.6) is 11.5 Å². The molecule has 166 valence electrons. The van der Waals surface area contributed by atoms with Crippen molar-refractivity contribution >= 4 is 5.91 Å². The minimum Gasteiger partial charge on any atom is -0.454 e. The number of hydrogen-bond acceptors (Lipinski definition) is 8. The van der Waals surface area contributed by atoms with Gasteiger partial charge in [-0.1, -0.05) is 35.5 Å². The van der Waals surface area contributed by atoms with Crippen molar-refractivity contribution in [2.24, 2.45) is 0 Å². The van der Waals surface area contributed by atoms with Crippen molar-refractivity contribution < 1.29 is 23.2 Å². The zero-order chi connectivity index (χ0) is 22.2. The Labute approximate surface area is 188 Å². The first kappa shape index (κ1) is 19.5. The van der Waals surface area contributed by atoms with Gasteiger partial charge in [-0.25, -0.2) is 0 Å². The van der Waals surface area contributed by atoms with E-state index in [4.69, 9.17) is 18.4 Å². The molecular weight excluding hydrogens is 424 g/mol. The summed E-state index contributed by atoms with van der Waals surface area (Å²) in [6.45, 7) is 1.33. The fraction of sp³-hybridized carbons (Fsp3) is 0.250. The number of nitrogens with zero attached hydrogens (tertiary/aromatic N) is 4. The summed E-state index contributed by atoms with van der Waals surface area (Å²) in [6.07, 6.45) is 1.70. The lowest BCUT2D eigenvalue weighted by molar-refractivity contribution is 0.0688. The molecule has 9 nitrogen and oxygen atoms in total. The lowest BCUT2D eigenvalue weighted by Crippen LogP contribution is -2.39. The number of likely N-dealkylation sites (tertiary alicyclic amines) is 1. The molecule has 4 aromatic rings. The van der Waals surface area contributed by atoms with Gasteiger partial charge in [-0.05, 0) is 31.0 Å². The van der Waals surface area contributed by atoms with Gasteiger partial charge in [0.25, 0.3) is 5.91 Å². The van der Waals surface area contributed by atoms with Crippen LogP contribution in [0.1, 0.15) is 35.1 Å². The van der Waals surface area contributed by atoms with Crippen molar-refractivity contribution in [2.45, 2.75) is 18.8 Å². The summed E-state index contributed by atoms with van der Waals surface area (Å²) < 4.78 is 22.1. The number of hydrogen-bond donors (Lipinski definition) is 0. The van der Waals surface area contributed by atoms with E-state index in [9.17, 15) is 4.79 Å². The number of carbonyl (C=O) groups is 1.